The number of benzene rings is 1. The van der Waals surface area contributed by atoms with Gasteiger partial charge in [0.15, 0.2) is 5.69 Å². The second kappa shape index (κ2) is 6.89. The molecular formula is C17H19F3N4O2. The molecule has 1 aliphatic rings. The SMILES string of the molecule is COc1cccc(N2CCN(C(=O)c3cn(C)nc3C(F)(F)F)CC2)c1. The first-order chi connectivity index (χ1) is 12.3. The zero-order valence-corrected chi connectivity index (χ0v) is 14.5. The zero-order valence-electron chi connectivity index (χ0n) is 14.5. The summed E-state index contributed by atoms with van der Waals surface area (Å²) in [5, 5.41) is 3.40. The van der Waals surface area contributed by atoms with Gasteiger partial charge in [-0.05, 0) is 12.1 Å². The number of aryl methyl sites for hydroxylation is 1. The molecule has 1 fully saturated rings. The van der Waals surface area contributed by atoms with Crippen molar-refractivity contribution in [3.05, 3.63) is 41.7 Å². The van der Waals surface area contributed by atoms with Crippen molar-refractivity contribution in [2.75, 3.05) is 38.2 Å². The normalized spacial score (nSPS) is 15.3. The third-order valence-corrected chi connectivity index (χ3v) is 4.31. The van der Waals surface area contributed by atoms with Gasteiger partial charge in [0, 0.05) is 51.2 Å². The van der Waals surface area contributed by atoms with Crippen LogP contribution in [0.15, 0.2) is 30.5 Å². The minimum atomic E-state index is -4.66. The number of anilines is 1. The largest absolute Gasteiger partial charge is 0.497 e. The lowest BCUT2D eigenvalue weighted by Crippen LogP contribution is -2.49. The standard InChI is InChI=1S/C17H19F3N4O2/c1-22-11-14(15(21-22)17(18,19)20)16(25)24-8-6-23(7-9-24)12-4-3-5-13(10-12)26-2/h3-5,10-11H,6-9H2,1-2H3. The van der Waals surface area contributed by atoms with Gasteiger partial charge < -0.3 is 14.5 Å². The molecule has 26 heavy (non-hydrogen) atoms. The summed E-state index contributed by atoms with van der Waals surface area (Å²) in [6.45, 7) is 1.73. The first-order valence-corrected chi connectivity index (χ1v) is 8.08. The van der Waals surface area contributed by atoms with E-state index in [0.29, 0.717) is 26.2 Å². The van der Waals surface area contributed by atoms with E-state index in [1.54, 1.807) is 7.11 Å². The van der Waals surface area contributed by atoms with Gasteiger partial charge in [0.2, 0.25) is 0 Å². The van der Waals surface area contributed by atoms with Crippen molar-refractivity contribution in [2.24, 2.45) is 7.05 Å². The quantitative estimate of drug-likeness (QED) is 0.835. The molecule has 0 radical (unpaired) electrons. The van der Waals surface area contributed by atoms with E-state index in [1.165, 1.54) is 11.9 Å². The number of alkyl halides is 3. The van der Waals surface area contributed by atoms with Crippen molar-refractivity contribution in [3.8, 4) is 5.75 Å². The molecule has 1 aromatic carbocycles. The van der Waals surface area contributed by atoms with Gasteiger partial charge in [-0.2, -0.15) is 18.3 Å². The maximum absolute atomic E-state index is 13.1. The Morgan fingerprint density at radius 3 is 2.50 bits per heavy atom. The number of carbonyl (C=O) groups excluding carboxylic acids is 1. The number of halogens is 3. The molecule has 1 saturated heterocycles. The summed E-state index contributed by atoms with van der Waals surface area (Å²) in [5.74, 6) is 0.0851. The van der Waals surface area contributed by atoms with E-state index in [-0.39, 0.29) is 0 Å². The lowest BCUT2D eigenvalue weighted by molar-refractivity contribution is -0.141. The molecule has 1 amide bonds. The third-order valence-electron chi connectivity index (χ3n) is 4.31. The summed E-state index contributed by atoms with van der Waals surface area (Å²) in [6, 6.07) is 7.53. The molecule has 0 aliphatic carbocycles. The van der Waals surface area contributed by atoms with Crippen molar-refractivity contribution in [3.63, 3.8) is 0 Å². The van der Waals surface area contributed by atoms with Crippen molar-refractivity contribution in [1.29, 1.82) is 0 Å². The fourth-order valence-corrected chi connectivity index (χ4v) is 3.00. The number of rotatable bonds is 3. The van der Waals surface area contributed by atoms with Crippen LogP contribution in [0.5, 0.6) is 5.75 Å². The molecule has 9 heteroatoms. The number of hydrogen-bond donors (Lipinski definition) is 0. The first kappa shape index (κ1) is 18.1. The van der Waals surface area contributed by atoms with Crippen LogP contribution in [0.2, 0.25) is 0 Å². The molecular weight excluding hydrogens is 349 g/mol. The van der Waals surface area contributed by atoms with E-state index in [1.807, 2.05) is 24.3 Å². The molecule has 0 saturated carbocycles. The summed E-state index contributed by atoms with van der Waals surface area (Å²) in [7, 11) is 2.95. The minimum Gasteiger partial charge on any atom is -0.497 e. The second-order valence-electron chi connectivity index (χ2n) is 6.04. The Bertz CT molecular complexity index is 796. The predicted octanol–water partition coefficient (Wildman–Crippen LogP) is 2.41. The van der Waals surface area contributed by atoms with E-state index >= 15 is 0 Å². The van der Waals surface area contributed by atoms with Crippen LogP contribution in [0, 0.1) is 0 Å². The van der Waals surface area contributed by atoms with Crippen LogP contribution in [0.25, 0.3) is 0 Å². The van der Waals surface area contributed by atoms with Crippen molar-refractivity contribution < 1.29 is 22.7 Å². The van der Waals surface area contributed by atoms with Gasteiger partial charge >= 0.3 is 6.18 Å². The van der Waals surface area contributed by atoms with Crippen molar-refractivity contribution in [1.82, 2.24) is 14.7 Å². The molecule has 0 atom stereocenters. The topological polar surface area (TPSA) is 50.6 Å². The summed E-state index contributed by atoms with van der Waals surface area (Å²) >= 11 is 0. The fraction of sp³-hybridized carbons (Fsp3) is 0.412. The van der Waals surface area contributed by atoms with E-state index in [2.05, 4.69) is 10.00 Å². The average Bonchev–Trinajstić information content (AvgIpc) is 3.03. The Labute approximate surface area is 148 Å². The molecule has 2 aromatic rings. The van der Waals surface area contributed by atoms with Crippen LogP contribution in [0.3, 0.4) is 0 Å². The predicted molar refractivity (Wildman–Crippen MR) is 89.3 cm³/mol. The van der Waals surface area contributed by atoms with Crippen LogP contribution in [-0.4, -0.2) is 53.9 Å². The Hall–Kier alpha value is -2.71. The highest BCUT2D eigenvalue weighted by Crippen LogP contribution is 2.31. The number of piperazine rings is 1. The number of aromatic nitrogens is 2. The van der Waals surface area contributed by atoms with Gasteiger partial charge in [-0.1, -0.05) is 6.07 Å². The molecule has 0 spiro atoms. The lowest BCUT2D eigenvalue weighted by Gasteiger charge is -2.36. The highest BCUT2D eigenvalue weighted by molar-refractivity contribution is 5.95. The van der Waals surface area contributed by atoms with E-state index in [4.69, 9.17) is 4.74 Å². The van der Waals surface area contributed by atoms with E-state index in [9.17, 15) is 18.0 Å². The number of carbonyl (C=O) groups is 1. The van der Waals surface area contributed by atoms with Crippen molar-refractivity contribution >= 4 is 11.6 Å². The van der Waals surface area contributed by atoms with Gasteiger partial charge in [-0.3, -0.25) is 9.48 Å². The summed E-state index contributed by atoms with van der Waals surface area (Å²) in [5.41, 5.74) is -0.594. The van der Waals surface area contributed by atoms with E-state index in [0.717, 1.165) is 22.3 Å². The highest BCUT2D eigenvalue weighted by Gasteiger charge is 2.40. The second-order valence-corrected chi connectivity index (χ2v) is 6.04. The average molecular weight is 368 g/mol. The molecule has 6 nitrogen and oxygen atoms in total. The van der Waals surface area contributed by atoms with Gasteiger partial charge in [0.1, 0.15) is 5.75 Å². The molecule has 2 heterocycles. The molecule has 140 valence electrons. The zero-order chi connectivity index (χ0) is 18.9. The maximum Gasteiger partial charge on any atom is 0.435 e. The van der Waals surface area contributed by atoms with Crippen molar-refractivity contribution in [2.45, 2.75) is 6.18 Å². The third kappa shape index (κ3) is 3.61. The molecule has 1 aliphatic heterocycles. The van der Waals surface area contributed by atoms with Crippen LogP contribution in [0.4, 0.5) is 18.9 Å². The van der Waals surface area contributed by atoms with Gasteiger partial charge in [-0.15, -0.1) is 0 Å². The number of methoxy groups -OCH3 is 1. The van der Waals surface area contributed by atoms with Crippen LogP contribution in [-0.2, 0) is 13.2 Å². The van der Waals surface area contributed by atoms with Gasteiger partial charge in [0.25, 0.3) is 5.91 Å². The number of amides is 1. The van der Waals surface area contributed by atoms with Crippen LogP contribution in [0.1, 0.15) is 16.1 Å². The molecule has 3 rings (SSSR count). The Balaban J connectivity index is 1.71. The summed E-state index contributed by atoms with van der Waals surface area (Å²) < 4.78 is 45.5. The van der Waals surface area contributed by atoms with Gasteiger partial charge in [-0.25, -0.2) is 0 Å². The Kier molecular flexibility index (Phi) is 4.80. The molecule has 0 bridgehead atoms. The van der Waals surface area contributed by atoms with E-state index < -0.39 is 23.3 Å². The number of ether oxygens (including phenoxy) is 1. The first-order valence-electron chi connectivity index (χ1n) is 8.08. The summed E-state index contributed by atoms with van der Waals surface area (Å²) in [4.78, 5) is 16.1. The van der Waals surface area contributed by atoms with Crippen LogP contribution >= 0.6 is 0 Å². The summed E-state index contributed by atoms with van der Waals surface area (Å²) in [6.07, 6.45) is -3.53. The maximum atomic E-state index is 13.1. The Morgan fingerprint density at radius 2 is 1.88 bits per heavy atom. The number of hydrogen-bond acceptors (Lipinski definition) is 4. The molecule has 0 N–H and O–H groups in total. The molecule has 0 unspecified atom stereocenters. The van der Waals surface area contributed by atoms with Crippen LogP contribution < -0.4 is 9.64 Å². The fourth-order valence-electron chi connectivity index (χ4n) is 3.00. The Morgan fingerprint density at radius 1 is 1.19 bits per heavy atom. The minimum absolute atomic E-state index is 0.336. The van der Waals surface area contributed by atoms with Gasteiger partial charge in [0.05, 0.1) is 12.7 Å². The highest BCUT2D eigenvalue weighted by atomic mass is 19.4. The monoisotopic (exact) mass is 368 g/mol. The smallest absolute Gasteiger partial charge is 0.435 e. The number of nitrogens with zero attached hydrogens (tertiary/aromatic N) is 4. The lowest BCUT2D eigenvalue weighted by atomic mass is 10.2. The molecule has 1 aromatic heterocycles.